The summed E-state index contributed by atoms with van der Waals surface area (Å²) in [7, 11) is 2.11. The van der Waals surface area contributed by atoms with Gasteiger partial charge in [0.05, 0.1) is 11.8 Å². The van der Waals surface area contributed by atoms with Gasteiger partial charge in [-0.2, -0.15) is 13.2 Å². The van der Waals surface area contributed by atoms with Gasteiger partial charge in [0.25, 0.3) is 5.91 Å². The summed E-state index contributed by atoms with van der Waals surface area (Å²) in [4.78, 5) is 29.0. The van der Waals surface area contributed by atoms with E-state index in [9.17, 15) is 22.4 Å². The van der Waals surface area contributed by atoms with Gasteiger partial charge in [-0.15, -0.1) is 0 Å². The molecule has 2 aliphatic rings. The first-order valence-electron chi connectivity index (χ1n) is 7.97. The largest absolute Gasteiger partial charge is 0.490 e. The molecule has 0 spiro atoms. The quantitative estimate of drug-likeness (QED) is 0.757. The number of carbonyl (C=O) groups excluding carboxylic acids is 1. The molecule has 144 valence electrons. The monoisotopic (exact) mass is 377 g/mol. The van der Waals surface area contributed by atoms with Crippen LogP contribution in [0.15, 0.2) is 18.5 Å². The number of pyridine rings is 1. The van der Waals surface area contributed by atoms with Crippen molar-refractivity contribution >= 4 is 11.9 Å². The Morgan fingerprint density at radius 2 is 1.85 bits per heavy atom. The number of nitrogens with zero attached hydrogens (tertiary/aromatic N) is 3. The van der Waals surface area contributed by atoms with Gasteiger partial charge in [-0.1, -0.05) is 0 Å². The standard InChI is InChI=1S/C14H18FN3O.C2HF3O2/c1-17-5-3-10-8-18(9-11(10)7-17)14(19)12-2-4-16-6-13(12)15;3-2(4,5)1(6)7/h2,4,6,10-11H,3,5,7-9H2,1H3;(H,6,7)/t10-,11+;/m0./s1. The van der Waals surface area contributed by atoms with E-state index in [1.807, 2.05) is 0 Å². The predicted molar refractivity (Wildman–Crippen MR) is 82.9 cm³/mol. The van der Waals surface area contributed by atoms with Crippen molar-refractivity contribution in [2.45, 2.75) is 12.6 Å². The molecule has 3 rings (SSSR count). The number of carboxylic acids is 1. The molecule has 0 radical (unpaired) electrons. The first-order chi connectivity index (χ1) is 12.1. The summed E-state index contributed by atoms with van der Waals surface area (Å²) in [6, 6.07) is 1.46. The number of rotatable bonds is 1. The van der Waals surface area contributed by atoms with Gasteiger partial charge in [0.2, 0.25) is 0 Å². The van der Waals surface area contributed by atoms with Gasteiger partial charge in [-0.05, 0) is 37.9 Å². The lowest BCUT2D eigenvalue weighted by molar-refractivity contribution is -0.192. The van der Waals surface area contributed by atoms with Gasteiger partial charge in [0.15, 0.2) is 5.82 Å². The van der Waals surface area contributed by atoms with Gasteiger partial charge >= 0.3 is 12.1 Å². The Balaban J connectivity index is 0.000000298. The average Bonchev–Trinajstić information content (AvgIpc) is 2.97. The minimum atomic E-state index is -5.08. The van der Waals surface area contributed by atoms with Crippen molar-refractivity contribution in [2.75, 3.05) is 33.2 Å². The fraction of sp³-hybridized carbons (Fsp3) is 0.562. The van der Waals surface area contributed by atoms with Crippen LogP contribution in [0.25, 0.3) is 0 Å². The van der Waals surface area contributed by atoms with Gasteiger partial charge in [-0.25, -0.2) is 9.18 Å². The highest BCUT2D eigenvalue weighted by Crippen LogP contribution is 2.31. The maximum absolute atomic E-state index is 13.6. The Morgan fingerprint density at radius 1 is 1.23 bits per heavy atom. The van der Waals surface area contributed by atoms with Gasteiger partial charge in [-0.3, -0.25) is 9.78 Å². The fourth-order valence-corrected chi connectivity index (χ4v) is 3.24. The maximum atomic E-state index is 13.6. The normalized spacial score (nSPS) is 23.0. The molecule has 10 heteroatoms. The zero-order valence-corrected chi connectivity index (χ0v) is 14.0. The summed E-state index contributed by atoms with van der Waals surface area (Å²) in [5.74, 6) is -2.37. The summed E-state index contributed by atoms with van der Waals surface area (Å²) < 4.78 is 45.3. The minimum Gasteiger partial charge on any atom is -0.475 e. The number of fused-ring (bicyclic) bond motifs is 1. The second-order valence-corrected chi connectivity index (χ2v) is 6.44. The van der Waals surface area contributed by atoms with Gasteiger partial charge in [0, 0.05) is 25.8 Å². The number of likely N-dealkylation sites (tertiary alicyclic amines) is 2. The third kappa shape index (κ3) is 4.90. The summed E-state index contributed by atoms with van der Waals surface area (Å²) >= 11 is 0. The number of hydrogen-bond acceptors (Lipinski definition) is 4. The lowest BCUT2D eigenvalue weighted by atomic mass is 9.89. The molecule has 2 atom stereocenters. The van der Waals surface area contributed by atoms with E-state index in [-0.39, 0.29) is 11.5 Å². The number of carbonyl (C=O) groups is 2. The molecule has 0 bridgehead atoms. The van der Waals surface area contributed by atoms with E-state index >= 15 is 0 Å². The van der Waals surface area contributed by atoms with Crippen molar-refractivity contribution in [2.24, 2.45) is 11.8 Å². The Labute approximate surface area is 147 Å². The molecule has 0 saturated carbocycles. The molecule has 2 fully saturated rings. The number of carboxylic acid groups (broad SMARTS) is 1. The summed E-state index contributed by atoms with van der Waals surface area (Å²) in [5.41, 5.74) is 0.141. The summed E-state index contributed by atoms with van der Waals surface area (Å²) in [6.07, 6.45) is -1.39. The number of hydrogen-bond donors (Lipinski definition) is 1. The van der Waals surface area contributed by atoms with Gasteiger partial charge < -0.3 is 14.9 Å². The number of aromatic nitrogens is 1. The molecule has 26 heavy (non-hydrogen) atoms. The molecular weight excluding hydrogens is 358 g/mol. The number of aliphatic carboxylic acids is 1. The number of amides is 1. The third-order valence-corrected chi connectivity index (χ3v) is 4.54. The smallest absolute Gasteiger partial charge is 0.475 e. The van der Waals surface area contributed by atoms with E-state index < -0.39 is 18.0 Å². The maximum Gasteiger partial charge on any atom is 0.490 e. The van der Waals surface area contributed by atoms with E-state index in [1.54, 1.807) is 4.90 Å². The van der Waals surface area contributed by atoms with E-state index in [1.165, 1.54) is 12.3 Å². The molecule has 1 aromatic heterocycles. The highest BCUT2D eigenvalue weighted by atomic mass is 19.4. The first-order valence-corrected chi connectivity index (χ1v) is 7.97. The summed E-state index contributed by atoms with van der Waals surface area (Å²) in [6.45, 7) is 3.63. The summed E-state index contributed by atoms with van der Waals surface area (Å²) in [5, 5.41) is 7.12. The Morgan fingerprint density at radius 3 is 2.42 bits per heavy atom. The van der Waals surface area contributed by atoms with E-state index in [0.29, 0.717) is 11.8 Å². The van der Waals surface area contributed by atoms with Crippen molar-refractivity contribution < 1.29 is 32.3 Å². The van der Waals surface area contributed by atoms with E-state index in [0.717, 1.165) is 38.8 Å². The van der Waals surface area contributed by atoms with Crippen LogP contribution in [0.4, 0.5) is 17.6 Å². The molecule has 0 aromatic carbocycles. The average molecular weight is 377 g/mol. The first kappa shape index (κ1) is 20.1. The topological polar surface area (TPSA) is 73.7 Å². The zero-order valence-electron chi connectivity index (χ0n) is 14.0. The van der Waals surface area contributed by atoms with Crippen molar-refractivity contribution in [3.8, 4) is 0 Å². The molecule has 1 aromatic rings. The van der Waals surface area contributed by atoms with Crippen molar-refractivity contribution in [3.63, 3.8) is 0 Å². The third-order valence-electron chi connectivity index (χ3n) is 4.54. The Bertz CT molecular complexity index is 668. The molecule has 1 amide bonds. The van der Waals surface area contributed by atoms with Crippen LogP contribution >= 0.6 is 0 Å². The number of alkyl halides is 3. The number of halogens is 4. The SMILES string of the molecule is CN1CC[C@H]2CN(C(=O)c3ccncc3F)C[C@H]2C1.O=C(O)C(F)(F)F. The molecule has 0 unspecified atom stereocenters. The lowest BCUT2D eigenvalue weighted by Gasteiger charge is -2.31. The highest BCUT2D eigenvalue weighted by Gasteiger charge is 2.39. The Hall–Kier alpha value is -2.23. The second-order valence-electron chi connectivity index (χ2n) is 6.44. The van der Waals surface area contributed by atoms with Crippen LogP contribution in [0.1, 0.15) is 16.8 Å². The fourth-order valence-electron chi connectivity index (χ4n) is 3.24. The zero-order chi connectivity index (χ0) is 19.5. The van der Waals surface area contributed by atoms with Crippen LogP contribution < -0.4 is 0 Å². The van der Waals surface area contributed by atoms with Gasteiger partial charge in [0.1, 0.15) is 0 Å². The number of piperidine rings is 1. The molecule has 0 aliphatic carbocycles. The van der Waals surface area contributed by atoms with Crippen LogP contribution in [-0.2, 0) is 4.79 Å². The molecule has 2 aliphatic heterocycles. The second kappa shape index (κ2) is 7.98. The van der Waals surface area contributed by atoms with Crippen molar-refractivity contribution in [1.82, 2.24) is 14.8 Å². The van der Waals surface area contributed by atoms with E-state index in [4.69, 9.17) is 9.90 Å². The minimum absolute atomic E-state index is 0.141. The Kier molecular flexibility index (Phi) is 6.17. The molecular formula is C16H19F4N3O3. The molecule has 1 N–H and O–H groups in total. The van der Waals surface area contributed by atoms with Crippen molar-refractivity contribution in [3.05, 3.63) is 29.8 Å². The van der Waals surface area contributed by atoms with Crippen LogP contribution in [0.3, 0.4) is 0 Å². The van der Waals surface area contributed by atoms with Crippen molar-refractivity contribution in [1.29, 1.82) is 0 Å². The highest BCUT2D eigenvalue weighted by molar-refractivity contribution is 5.94. The van der Waals surface area contributed by atoms with Crippen LogP contribution in [0.2, 0.25) is 0 Å². The lowest BCUT2D eigenvalue weighted by Crippen LogP contribution is -2.37. The molecule has 6 nitrogen and oxygen atoms in total. The predicted octanol–water partition coefficient (Wildman–Crippen LogP) is 1.88. The molecule has 2 saturated heterocycles. The van der Waals surface area contributed by atoms with Crippen LogP contribution in [-0.4, -0.2) is 71.2 Å². The van der Waals surface area contributed by atoms with E-state index in [2.05, 4.69) is 16.9 Å². The van der Waals surface area contributed by atoms with Crippen LogP contribution in [0.5, 0.6) is 0 Å². The molecule has 3 heterocycles. The van der Waals surface area contributed by atoms with Crippen LogP contribution in [0, 0.1) is 17.7 Å².